The number of nitrogens with zero attached hydrogens (tertiary/aromatic N) is 4. The number of amides is 1. The summed E-state index contributed by atoms with van der Waals surface area (Å²) in [6.45, 7) is 2.75. The van der Waals surface area contributed by atoms with E-state index in [0.717, 1.165) is 31.7 Å². The molecule has 3 rings (SSSR count). The van der Waals surface area contributed by atoms with Crippen molar-refractivity contribution in [3.05, 3.63) is 36.2 Å². The quantitative estimate of drug-likeness (QED) is 0.855. The number of tetrazole rings is 1. The van der Waals surface area contributed by atoms with Crippen LogP contribution in [0.2, 0.25) is 0 Å². The molecular formula is C13H17ClN6O. The molecule has 1 atom stereocenters. The van der Waals surface area contributed by atoms with Crippen molar-refractivity contribution in [2.24, 2.45) is 5.92 Å². The Morgan fingerprint density at radius 3 is 2.81 bits per heavy atom. The van der Waals surface area contributed by atoms with E-state index in [2.05, 4.69) is 26.2 Å². The second kappa shape index (κ2) is 7.14. The molecular weight excluding hydrogens is 292 g/mol. The number of hydrogen-bond donors (Lipinski definition) is 2. The van der Waals surface area contributed by atoms with Crippen LogP contribution in [0.5, 0.6) is 0 Å². The zero-order chi connectivity index (χ0) is 13.8. The van der Waals surface area contributed by atoms with Gasteiger partial charge in [0.2, 0.25) is 0 Å². The van der Waals surface area contributed by atoms with Gasteiger partial charge in [0.25, 0.3) is 5.91 Å². The third-order valence-electron chi connectivity index (χ3n) is 3.46. The fourth-order valence-corrected chi connectivity index (χ4v) is 2.27. The van der Waals surface area contributed by atoms with Crippen LogP contribution in [0, 0.1) is 5.92 Å². The van der Waals surface area contributed by atoms with Crippen LogP contribution >= 0.6 is 12.4 Å². The number of nitrogens with one attached hydrogen (secondary N) is 2. The Bertz CT molecular complexity index is 565. The molecule has 1 amide bonds. The number of hydrogen-bond acceptors (Lipinski definition) is 5. The van der Waals surface area contributed by atoms with E-state index in [1.807, 2.05) is 12.1 Å². The number of benzene rings is 1. The van der Waals surface area contributed by atoms with Crippen LogP contribution < -0.4 is 10.6 Å². The lowest BCUT2D eigenvalue weighted by molar-refractivity contribution is 0.0948. The Kier molecular flexibility index (Phi) is 5.24. The smallest absolute Gasteiger partial charge is 0.251 e. The molecule has 1 saturated heterocycles. The van der Waals surface area contributed by atoms with Gasteiger partial charge in [0.1, 0.15) is 6.33 Å². The van der Waals surface area contributed by atoms with Gasteiger partial charge in [-0.3, -0.25) is 4.79 Å². The van der Waals surface area contributed by atoms with Gasteiger partial charge in [-0.1, -0.05) is 0 Å². The Morgan fingerprint density at radius 2 is 2.19 bits per heavy atom. The molecule has 1 aromatic carbocycles. The van der Waals surface area contributed by atoms with Gasteiger partial charge in [0, 0.05) is 12.1 Å². The normalized spacial score (nSPS) is 17.2. The predicted molar refractivity (Wildman–Crippen MR) is 79.7 cm³/mol. The molecule has 112 valence electrons. The van der Waals surface area contributed by atoms with E-state index in [1.165, 1.54) is 6.33 Å². The lowest BCUT2D eigenvalue weighted by Crippen LogP contribution is -2.30. The SMILES string of the molecule is Cl.O=C(NCC1CCNC1)c1ccc(-n2cnnn2)cc1. The molecule has 1 aliphatic heterocycles. The van der Waals surface area contributed by atoms with Crippen molar-refractivity contribution in [1.82, 2.24) is 30.8 Å². The summed E-state index contributed by atoms with van der Waals surface area (Å²) in [6.07, 6.45) is 2.64. The second-order valence-corrected chi connectivity index (χ2v) is 4.87. The topological polar surface area (TPSA) is 84.7 Å². The molecule has 1 aromatic heterocycles. The minimum atomic E-state index is -0.0415. The summed E-state index contributed by atoms with van der Waals surface area (Å²) in [5, 5.41) is 17.2. The summed E-state index contributed by atoms with van der Waals surface area (Å²) >= 11 is 0. The first-order valence-corrected chi connectivity index (χ1v) is 6.65. The third-order valence-corrected chi connectivity index (χ3v) is 3.46. The Hall–Kier alpha value is -1.99. The molecule has 0 saturated carbocycles. The predicted octanol–water partition coefficient (Wildman–Crippen LogP) is 0.423. The molecule has 1 unspecified atom stereocenters. The van der Waals surface area contributed by atoms with Crippen LogP contribution in [0.25, 0.3) is 5.69 Å². The number of halogens is 1. The van der Waals surface area contributed by atoms with Crippen LogP contribution in [0.3, 0.4) is 0 Å². The Morgan fingerprint density at radius 1 is 1.38 bits per heavy atom. The summed E-state index contributed by atoms with van der Waals surface area (Å²) in [6, 6.07) is 7.20. The second-order valence-electron chi connectivity index (χ2n) is 4.87. The summed E-state index contributed by atoms with van der Waals surface area (Å²) in [7, 11) is 0. The maximum atomic E-state index is 12.0. The van der Waals surface area contributed by atoms with Crippen molar-refractivity contribution in [3.8, 4) is 5.69 Å². The molecule has 21 heavy (non-hydrogen) atoms. The van der Waals surface area contributed by atoms with Crippen LogP contribution in [0.15, 0.2) is 30.6 Å². The monoisotopic (exact) mass is 308 g/mol. The summed E-state index contributed by atoms with van der Waals surface area (Å²) in [4.78, 5) is 12.0. The first kappa shape index (κ1) is 15.4. The highest BCUT2D eigenvalue weighted by Crippen LogP contribution is 2.09. The van der Waals surface area contributed by atoms with Gasteiger partial charge in [-0.15, -0.1) is 17.5 Å². The first-order chi connectivity index (χ1) is 9.83. The van der Waals surface area contributed by atoms with Crippen LogP contribution in [-0.2, 0) is 0 Å². The number of rotatable bonds is 4. The van der Waals surface area contributed by atoms with Gasteiger partial charge in [0.05, 0.1) is 5.69 Å². The molecule has 2 N–H and O–H groups in total. The highest BCUT2D eigenvalue weighted by Gasteiger charge is 2.15. The average Bonchev–Trinajstić information content (AvgIpc) is 3.18. The molecule has 0 radical (unpaired) electrons. The van der Waals surface area contributed by atoms with Crippen LogP contribution in [0.1, 0.15) is 16.8 Å². The van der Waals surface area contributed by atoms with Crippen LogP contribution in [-0.4, -0.2) is 45.7 Å². The Labute approximate surface area is 128 Å². The first-order valence-electron chi connectivity index (χ1n) is 6.65. The highest BCUT2D eigenvalue weighted by molar-refractivity contribution is 5.94. The van der Waals surface area contributed by atoms with Crippen molar-refractivity contribution >= 4 is 18.3 Å². The van der Waals surface area contributed by atoms with Gasteiger partial charge in [0.15, 0.2) is 0 Å². The minimum absolute atomic E-state index is 0. The molecule has 0 spiro atoms. The molecule has 1 aliphatic rings. The van der Waals surface area contributed by atoms with E-state index in [4.69, 9.17) is 0 Å². The number of carbonyl (C=O) groups excluding carboxylic acids is 1. The van der Waals surface area contributed by atoms with Gasteiger partial charge in [-0.25, -0.2) is 4.68 Å². The lowest BCUT2D eigenvalue weighted by Gasteiger charge is -2.10. The molecule has 7 nitrogen and oxygen atoms in total. The number of carbonyl (C=O) groups is 1. The summed E-state index contributed by atoms with van der Waals surface area (Å²) < 4.78 is 1.55. The van der Waals surface area contributed by atoms with E-state index >= 15 is 0 Å². The average molecular weight is 309 g/mol. The maximum Gasteiger partial charge on any atom is 0.251 e. The van der Waals surface area contributed by atoms with Crippen molar-refractivity contribution in [2.75, 3.05) is 19.6 Å². The molecule has 0 aliphatic carbocycles. The van der Waals surface area contributed by atoms with Gasteiger partial charge < -0.3 is 10.6 Å². The molecule has 2 aromatic rings. The summed E-state index contributed by atoms with van der Waals surface area (Å²) in [5.41, 5.74) is 1.47. The highest BCUT2D eigenvalue weighted by atomic mass is 35.5. The van der Waals surface area contributed by atoms with E-state index in [-0.39, 0.29) is 18.3 Å². The van der Waals surface area contributed by atoms with Crippen molar-refractivity contribution < 1.29 is 4.79 Å². The van der Waals surface area contributed by atoms with Gasteiger partial charge in [-0.2, -0.15) is 0 Å². The largest absolute Gasteiger partial charge is 0.352 e. The molecule has 2 heterocycles. The van der Waals surface area contributed by atoms with Gasteiger partial charge >= 0.3 is 0 Å². The maximum absolute atomic E-state index is 12.0. The molecule has 1 fully saturated rings. The minimum Gasteiger partial charge on any atom is -0.352 e. The van der Waals surface area contributed by atoms with E-state index < -0.39 is 0 Å². The summed E-state index contributed by atoms with van der Waals surface area (Å²) in [5.74, 6) is 0.500. The zero-order valence-corrected chi connectivity index (χ0v) is 12.2. The number of aromatic nitrogens is 4. The van der Waals surface area contributed by atoms with E-state index in [9.17, 15) is 4.79 Å². The van der Waals surface area contributed by atoms with Crippen molar-refractivity contribution in [2.45, 2.75) is 6.42 Å². The third kappa shape index (κ3) is 3.77. The lowest BCUT2D eigenvalue weighted by atomic mass is 10.1. The van der Waals surface area contributed by atoms with Crippen molar-refractivity contribution in [3.63, 3.8) is 0 Å². The standard InChI is InChI=1S/C13H16N6O.ClH/c20-13(15-8-10-5-6-14-7-10)11-1-3-12(4-2-11)19-9-16-17-18-19;/h1-4,9-10,14H,5-8H2,(H,15,20);1H. The van der Waals surface area contributed by atoms with Crippen molar-refractivity contribution in [1.29, 1.82) is 0 Å². The fourth-order valence-electron chi connectivity index (χ4n) is 2.27. The Balaban J connectivity index is 0.00000161. The van der Waals surface area contributed by atoms with Gasteiger partial charge in [-0.05, 0) is 60.1 Å². The fraction of sp³-hybridized carbons (Fsp3) is 0.385. The molecule has 8 heteroatoms. The van der Waals surface area contributed by atoms with Crippen LogP contribution in [0.4, 0.5) is 0 Å². The zero-order valence-electron chi connectivity index (χ0n) is 11.4. The van der Waals surface area contributed by atoms with E-state index in [0.29, 0.717) is 11.5 Å². The van der Waals surface area contributed by atoms with E-state index in [1.54, 1.807) is 16.8 Å². The molecule has 0 bridgehead atoms.